The van der Waals surface area contributed by atoms with Crippen LogP contribution in [0.2, 0.25) is 5.02 Å². The molecule has 124 valence electrons. The molecule has 1 saturated heterocycles. The fraction of sp³-hybridized carbons (Fsp3) is 0.500. The van der Waals surface area contributed by atoms with Crippen molar-refractivity contribution in [2.45, 2.75) is 33.4 Å². The highest BCUT2D eigenvalue weighted by Crippen LogP contribution is 2.22. The van der Waals surface area contributed by atoms with Gasteiger partial charge in [-0.3, -0.25) is 9.58 Å². The molecule has 0 radical (unpaired) electrons. The standard InChI is InChI=1S/C18H24ClN3O/c1-13-18(11-21-8-7-16(9-21)12-23)14(2)22(20-13)10-15-3-5-17(19)6-4-15/h3-6,16,23H,7-12H2,1-2H3. The molecular weight excluding hydrogens is 310 g/mol. The van der Waals surface area contributed by atoms with Crippen LogP contribution in [0.15, 0.2) is 24.3 Å². The van der Waals surface area contributed by atoms with Gasteiger partial charge in [0.25, 0.3) is 0 Å². The largest absolute Gasteiger partial charge is 0.396 e. The van der Waals surface area contributed by atoms with E-state index in [4.69, 9.17) is 16.7 Å². The summed E-state index contributed by atoms with van der Waals surface area (Å²) in [6.45, 7) is 8.26. The molecule has 1 N–H and O–H groups in total. The minimum absolute atomic E-state index is 0.296. The third-order valence-electron chi connectivity index (χ3n) is 4.79. The number of halogens is 1. The number of rotatable bonds is 5. The van der Waals surface area contributed by atoms with Crippen LogP contribution < -0.4 is 0 Å². The summed E-state index contributed by atoms with van der Waals surface area (Å²) in [5.41, 5.74) is 4.85. The molecule has 1 fully saturated rings. The van der Waals surface area contributed by atoms with Crippen molar-refractivity contribution in [3.63, 3.8) is 0 Å². The molecule has 1 atom stereocenters. The minimum atomic E-state index is 0.296. The van der Waals surface area contributed by atoms with Gasteiger partial charge in [0.1, 0.15) is 0 Å². The summed E-state index contributed by atoms with van der Waals surface area (Å²) < 4.78 is 2.08. The Kier molecular flexibility index (Phi) is 5.05. The van der Waals surface area contributed by atoms with Crippen molar-refractivity contribution >= 4 is 11.6 Å². The topological polar surface area (TPSA) is 41.3 Å². The molecule has 1 aromatic carbocycles. The lowest BCUT2D eigenvalue weighted by Crippen LogP contribution is -2.21. The average Bonchev–Trinajstić information content (AvgIpc) is 3.10. The third kappa shape index (κ3) is 3.77. The first-order valence-electron chi connectivity index (χ1n) is 8.17. The number of nitrogens with zero attached hydrogens (tertiary/aromatic N) is 3. The average molecular weight is 334 g/mol. The second kappa shape index (κ2) is 7.04. The maximum atomic E-state index is 9.29. The molecule has 0 spiro atoms. The molecule has 1 aromatic heterocycles. The highest BCUT2D eigenvalue weighted by molar-refractivity contribution is 6.30. The molecular formula is C18H24ClN3O. The van der Waals surface area contributed by atoms with Gasteiger partial charge in [0.15, 0.2) is 0 Å². The molecule has 0 bridgehead atoms. The number of hydrogen-bond acceptors (Lipinski definition) is 3. The van der Waals surface area contributed by atoms with Gasteiger partial charge in [0, 0.05) is 36.0 Å². The van der Waals surface area contributed by atoms with Crippen molar-refractivity contribution in [3.8, 4) is 0 Å². The van der Waals surface area contributed by atoms with Gasteiger partial charge < -0.3 is 5.11 Å². The van der Waals surface area contributed by atoms with E-state index >= 15 is 0 Å². The first kappa shape index (κ1) is 16.5. The molecule has 3 rings (SSSR count). The van der Waals surface area contributed by atoms with E-state index in [0.717, 1.165) is 43.3 Å². The van der Waals surface area contributed by atoms with Gasteiger partial charge in [-0.2, -0.15) is 5.10 Å². The second-order valence-corrected chi connectivity index (χ2v) is 6.94. The van der Waals surface area contributed by atoms with Gasteiger partial charge >= 0.3 is 0 Å². The summed E-state index contributed by atoms with van der Waals surface area (Å²) in [4.78, 5) is 2.42. The Morgan fingerprint density at radius 2 is 1.96 bits per heavy atom. The van der Waals surface area contributed by atoms with Gasteiger partial charge in [-0.05, 0) is 50.4 Å². The van der Waals surface area contributed by atoms with Gasteiger partial charge in [0.05, 0.1) is 12.2 Å². The van der Waals surface area contributed by atoms with Crippen LogP contribution in [-0.4, -0.2) is 39.5 Å². The number of aliphatic hydroxyl groups is 1. The van der Waals surface area contributed by atoms with Gasteiger partial charge in [-0.25, -0.2) is 0 Å². The maximum Gasteiger partial charge on any atom is 0.0662 e. The first-order valence-corrected chi connectivity index (χ1v) is 8.55. The molecule has 2 heterocycles. The fourth-order valence-corrected chi connectivity index (χ4v) is 3.43. The molecule has 2 aromatic rings. The van der Waals surface area contributed by atoms with Crippen molar-refractivity contribution in [3.05, 3.63) is 51.8 Å². The summed E-state index contributed by atoms with van der Waals surface area (Å²) in [5, 5.41) is 14.8. The van der Waals surface area contributed by atoms with E-state index in [-0.39, 0.29) is 0 Å². The molecule has 1 aliphatic heterocycles. The van der Waals surface area contributed by atoms with Crippen LogP contribution in [0.5, 0.6) is 0 Å². The van der Waals surface area contributed by atoms with Crippen molar-refractivity contribution in [1.82, 2.24) is 14.7 Å². The predicted molar refractivity (Wildman–Crippen MR) is 92.7 cm³/mol. The van der Waals surface area contributed by atoms with E-state index in [1.165, 1.54) is 16.8 Å². The lowest BCUT2D eigenvalue weighted by Gasteiger charge is -2.16. The molecule has 23 heavy (non-hydrogen) atoms. The molecule has 0 saturated carbocycles. The van der Waals surface area contributed by atoms with Crippen LogP contribution in [0, 0.1) is 19.8 Å². The molecule has 4 nitrogen and oxygen atoms in total. The normalized spacial score (nSPS) is 18.7. The maximum absolute atomic E-state index is 9.29. The SMILES string of the molecule is Cc1nn(Cc2ccc(Cl)cc2)c(C)c1CN1CCC(CO)C1. The number of likely N-dealkylation sites (tertiary alicyclic amines) is 1. The van der Waals surface area contributed by atoms with Crippen LogP contribution in [0.25, 0.3) is 0 Å². The van der Waals surface area contributed by atoms with E-state index in [9.17, 15) is 5.11 Å². The summed E-state index contributed by atoms with van der Waals surface area (Å²) in [6.07, 6.45) is 1.09. The molecule has 5 heteroatoms. The zero-order chi connectivity index (χ0) is 16.4. The molecule has 0 aliphatic carbocycles. The zero-order valence-corrected chi connectivity index (χ0v) is 14.6. The van der Waals surface area contributed by atoms with E-state index in [0.29, 0.717) is 12.5 Å². The number of aliphatic hydroxyl groups excluding tert-OH is 1. The quantitative estimate of drug-likeness (QED) is 0.914. The van der Waals surface area contributed by atoms with Crippen molar-refractivity contribution in [1.29, 1.82) is 0 Å². The van der Waals surface area contributed by atoms with Crippen LogP contribution in [0.3, 0.4) is 0 Å². The van der Waals surface area contributed by atoms with E-state index in [2.05, 4.69) is 23.4 Å². The van der Waals surface area contributed by atoms with Gasteiger partial charge in [-0.15, -0.1) is 0 Å². The first-order chi connectivity index (χ1) is 11.1. The number of hydrogen-bond donors (Lipinski definition) is 1. The zero-order valence-electron chi connectivity index (χ0n) is 13.8. The third-order valence-corrected chi connectivity index (χ3v) is 5.04. The molecule has 0 amide bonds. The summed E-state index contributed by atoms with van der Waals surface area (Å²) in [7, 11) is 0. The molecule has 1 unspecified atom stereocenters. The number of aryl methyl sites for hydroxylation is 1. The Morgan fingerprint density at radius 3 is 2.61 bits per heavy atom. The Hall–Kier alpha value is -1.36. The number of aromatic nitrogens is 2. The summed E-state index contributed by atoms with van der Waals surface area (Å²) in [5.74, 6) is 0.430. The summed E-state index contributed by atoms with van der Waals surface area (Å²) in [6, 6.07) is 7.93. The van der Waals surface area contributed by atoms with Crippen molar-refractivity contribution < 1.29 is 5.11 Å². The van der Waals surface area contributed by atoms with Gasteiger partial charge in [0.2, 0.25) is 0 Å². The Morgan fingerprint density at radius 1 is 1.22 bits per heavy atom. The van der Waals surface area contributed by atoms with Crippen LogP contribution in [0.1, 0.15) is 28.9 Å². The second-order valence-electron chi connectivity index (χ2n) is 6.51. The fourth-order valence-electron chi connectivity index (χ4n) is 3.31. The van der Waals surface area contributed by atoms with Crippen molar-refractivity contribution in [2.24, 2.45) is 5.92 Å². The highest BCUT2D eigenvalue weighted by atomic mass is 35.5. The minimum Gasteiger partial charge on any atom is -0.396 e. The van der Waals surface area contributed by atoms with E-state index < -0.39 is 0 Å². The predicted octanol–water partition coefficient (Wildman–Crippen LogP) is 3.02. The Bertz CT molecular complexity index is 666. The van der Waals surface area contributed by atoms with E-state index in [1.807, 2.05) is 24.3 Å². The molecule has 1 aliphatic rings. The Balaban J connectivity index is 1.73. The monoisotopic (exact) mass is 333 g/mol. The highest BCUT2D eigenvalue weighted by Gasteiger charge is 2.23. The van der Waals surface area contributed by atoms with Gasteiger partial charge in [-0.1, -0.05) is 23.7 Å². The van der Waals surface area contributed by atoms with E-state index in [1.54, 1.807) is 0 Å². The lowest BCUT2D eigenvalue weighted by atomic mass is 10.1. The van der Waals surface area contributed by atoms with Crippen molar-refractivity contribution in [2.75, 3.05) is 19.7 Å². The smallest absolute Gasteiger partial charge is 0.0662 e. The lowest BCUT2D eigenvalue weighted by molar-refractivity contribution is 0.220. The van der Waals surface area contributed by atoms with Crippen LogP contribution >= 0.6 is 11.6 Å². The van der Waals surface area contributed by atoms with Crippen LogP contribution in [0.4, 0.5) is 0 Å². The van der Waals surface area contributed by atoms with Crippen LogP contribution in [-0.2, 0) is 13.1 Å². The number of benzene rings is 1. The Labute approximate surface area is 142 Å². The summed E-state index contributed by atoms with van der Waals surface area (Å²) >= 11 is 5.95.